The highest BCUT2D eigenvalue weighted by molar-refractivity contribution is 9.11. The molecule has 2 aromatic rings. The first-order valence-corrected chi connectivity index (χ1v) is 9.14. The third-order valence-corrected chi connectivity index (χ3v) is 5.57. The van der Waals surface area contributed by atoms with Crippen LogP contribution in [0.25, 0.3) is 11.1 Å². The van der Waals surface area contributed by atoms with Crippen molar-refractivity contribution in [3.63, 3.8) is 0 Å². The standard InChI is InChI=1S/C16H12Br2Cl2O4/c1-2-7-5-9(17)16(23)13(18)12(7)8-3-4-10(15(20)14(8)19)24-6-11(21)22/h3-5,23H,2,6H2,1H3,(H,21,22). The van der Waals surface area contributed by atoms with Crippen LogP contribution < -0.4 is 4.74 Å². The van der Waals surface area contributed by atoms with Gasteiger partial charge in [-0.3, -0.25) is 0 Å². The van der Waals surface area contributed by atoms with Crippen molar-refractivity contribution in [1.29, 1.82) is 0 Å². The molecule has 0 saturated heterocycles. The number of hydrogen-bond donors (Lipinski definition) is 2. The number of aryl methyl sites for hydroxylation is 1. The summed E-state index contributed by atoms with van der Waals surface area (Å²) in [4.78, 5) is 10.6. The Bertz CT molecular complexity index is 809. The molecule has 8 heteroatoms. The number of carboxylic acids is 1. The predicted molar refractivity (Wildman–Crippen MR) is 101 cm³/mol. The first-order valence-electron chi connectivity index (χ1n) is 6.80. The Kier molecular flexibility index (Phi) is 6.42. The number of carboxylic acid groups (broad SMARTS) is 1. The van der Waals surface area contributed by atoms with Crippen LogP contribution in [-0.2, 0) is 11.2 Å². The fourth-order valence-corrected chi connectivity index (χ4v) is 4.10. The zero-order valence-corrected chi connectivity index (χ0v) is 17.1. The Morgan fingerprint density at radius 2 is 1.92 bits per heavy atom. The van der Waals surface area contributed by atoms with E-state index in [1.807, 2.05) is 13.0 Å². The number of benzene rings is 2. The molecule has 2 N–H and O–H groups in total. The largest absolute Gasteiger partial charge is 0.506 e. The molecule has 0 aliphatic rings. The Balaban J connectivity index is 2.60. The van der Waals surface area contributed by atoms with Crippen LogP contribution in [0.5, 0.6) is 11.5 Å². The summed E-state index contributed by atoms with van der Waals surface area (Å²) in [6.45, 7) is 1.47. The number of aromatic hydroxyl groups is 1. The smallest absolute Gasteiger partial charge is 0.341 e. The second-order valence-electron chi connectivity index (χ2n) is 4.83. The molecule has 0 aliphatic heterocycles. The second-order valence-corrected chi connectivity index (χ2v) is 7.23. The quantitative estimate of drug-likeness (QED) is 0.537. The maximum absolute atomic E-state index is 10.6. The molecule has 0 spiro atoms. The molecule has 128 valence electrons. The summed E-state index contributed by atoms with van der Waals surface area (Å²) in [6, 6.07) is 5.05. The lowest BCUT2D eigenvalue weighted by molar-refractivity contribution is -0.139. The van der Waals surface area contributed by atoms with Gasteiger partial charge in [0.05, 0.1) is 14.0 Å². The summed E-state index contributed by atoms with van der Waals surface area (Å²) in [7, 11) is 0. The van der Waals surface area contributed by atoms with Gasteiger partial charge in [0.1, 0.15) is 16.5 Å². The Hall–Kier alpha value is -0.950. The van der Waals surface area contributed by atoms with E-state index in [1.165, 1.54) is 0 Å². The van der Waals surface area contributed by atoms with Gasteiger partial charge in [0.2, 0.25) is 0 Å². The normalized spacial score (nSPS) is 10.7. The number of carbonyl (C=O) groups is 1. The first-order chi connectivity index (χ1) is 11.3. The zero-order chi connectivity index (χ0) is 18.0. The van der Waals surface area contributed by atoms with Gasteiger partial charge in [0.15, 0.2) is 6.61 Å². The minimum atomic E-state index is -1.11. The Morgan fingerprint density at radius 3 is 2.50 bits per heavy atom. The van der Waals surface area contributed by atoms with Crippen LogP contribution in [-0.4, -0.2) is 22.8 Å². The number of aliphatic carboxylic acids is 1. The highest BCUT2D eigenvalue weighted by Crippen LogP contribution is 2.47. The minimum absolute atomic E-state index is 0.0561. The maximum atomic E-state index is 10.6. The Morgan fingerprint density at radius 1 is 1.25 bits per heavy atom. The van der Waals surface area contributed by atoms with E-state index in [4.69, 9.17) is 33.0 Å². The number of phenolic OH excluding ortho intramolecular Hbond substituents is 1. The molecule has 0 atom stereocenters. The van der Waals surface area contributed by atoms with Crippen LogP contribution in [0.2, 0.25) is 10.0 Å². The van der Waals surface area contributed by atoms with Gasteiger partial charge < -0.3 is 14.9 Å². The second kappa shape index (κ2) is 7.95. The molecule has 0 fully saturated rings. The molecule has 0 radical (unpaired) electrons. The molecule has 0 unspecified atom stereocenters. The molecule has 0 aliphatic carbocycles. The number of halogens is 4. The lowest BCUT2D eigenvalue weighted by atomic mass is 9.97. The molecule has 24 heavy (non-hydrogen) atoms. The van der Waals surface area contributed by atoms with Crippen molar-refractivity contribution in [2.24, 2.45) is 0 Å². The summed E-state index contributed by atoms with van der Waals surface area (Å²) < 4.78 is 6.17. The molecule has 0 aromatic heterocycles. The predicted octanol–water partition coefficient (Wildman–Crippen LogP) is 5.92. The lowest BCUT2D eigenvalue weighted by Gasteiger charge is -2.17. The van der Waals surface area contributed by atoms with Crippen LogP contribution in [0.1, 0.15) is 12.5 Å². The molecule has 0 saturated carbocycles. The van der Waals surface area contributed by atoms with Crippen LogP contribution in [0.3, 0.4) is 0 Å². The van der Waals surface area contributed by atoms with Gasteiger partial charge in [-0.25, -0.2) is 4.79 Å². The van der Waals surface area contributed by atoms with Crippen molar-refractivity contribution in [3.8, 4) is 22.6 Å². The highest BCUT2D eigenvalue weighted by atomic mass is 79.9. The van der Waals surface area contributed by atoms with Gasteiger partial charge in [-0.1, -0.05) is 30.1 Å². The van der Waals surface area contributed by atoms with Crippen LogP contribution in [0.15, 0.2) is 27.1 Å². The van der Waals surface area contributed by atoms with Gasteiger partial charge in [0.25, 0.3) is 0 Å². The summed E-state index contributed by atoms with van der Waals surface area (Å²) in [5.74, 6) is -0.871. The van der Waals surface area contributed by atoms with Gasteiger partial charge in [-0.15, -0.1) is 0 Å². The fraction of sp³-hybridized carbons (Fsp3) is 0.188. The molecule has 4 nitrogen and oxygen atoms in total. The summed E-state index contributed by atoms with van der Waals surface area (Å²) in [5.41, 5.74) is 2.27. The van der Waals surface area contributed by atoms with Crippen molar-refractivity contribution in [2.75, 3.05) is 6.61 Å². The van der Waals surface area contributed by atoms with Crippen LogP contribution >= 0.6 is 55.1 Å². The first kappa shape index (κ1) is 19.4. The van der Waals surface area contributed by atoms with Crippen molar-refractivity contribution >= 4 is 61.0 Å². The summed E-state index contributed by atoms with van der Waals surface area (Å²) >= 11 is 19.3. The lowest BCUT2D eigenvalue weighted by Crippen LogP contribution is -2.09. The molecular formula is C16H12Br2Cl2O4. The van der Waals surface area contributed by atoms with E-state index in [9.17, 15) is 9.90 Å². The Labute approximate surface area is 165 Å². The number of hydrogen-bond acceptors (Lipinski definition) is 3. The van der Waals surface area contributed by atoms with Crippen molar-refractivity contribution < 1.29 is 19.7 Å². The number of phenols is 1. The van der Waals surface area contributed by atoms with Crippen LogP contribution in [0.4, 0.5) is 0 Å². The fourth-order valence-electron chi connectivity index (χ4n) is 2.20. The SMILES string of the molecule is CCc1cc(Br)c(O)c(Br)c1-c1ccc(OCC(=O)O)c(Cl)c1Cl. The summed E-state index contributed by atoms with van der Waals surface area (Å²) in [6.07, 6.45) is 0.706. The third kappa shape index (κ3) is 3.82. The van der Waals surface area contributed by atoms with Gasteiger partial charge in [0, 0.05) is 11.1 Å². The van der Waals surface area contributed by atoms with E-state index in [0.717, 1.165) is 11.1 Å². The topological polar surface area (TPSA) is 66.8 Å². The minimum Gasteiger partial charge on any atom is -0.506 e. The van der Waals surface area contributed by atoms with E-state index in [0.29, 0.717) is 20.9 Å². The van der Waals surface area contributed by atoms with Crippen molar-refractivity contribution in [1.82, 2.24) is 0 Å². The molecular weight excluding hydrogens is 487 g/mol. The summed E-state index contributed by atoms with van der Waals surface area (Å²) in [5, 5.41) is 19.2. The van der Waals surface area contributed by atoms with E-state index < -0.39 is 12.6 Å². The van der Waals surface area contributed by atoms with E-state index in [2.05, 4.69) is 31.9 Å². The molecule has 2 aromatic carbocycles. The van der Waals surface area contributed by atoms with Crippen molar-refractivity contribution in [2.45, 2.75) is 13.3 Å². The highest BCUT2D eigenvalue weighted by Gasteiger charge is 2.20. The van der Waals surface area contributed by atoms with Crippen molar-refractivity contribution in [3.05, 3.63) is 42.8 Å². The average molecular weight is 499 g/mol. The van der Waals surface area contributed by atoms with E-state index in [1.54, 1.807) is 12.1 Å². The van der Waals surface area contributed by atoms with E-state index >= 15 is 0 Å². The monoisotopic (exact) mass is 496 g/mol. The number of rotatable bonds is 5. The number of ether oxygens (including phenoxy) is 1. The molecule has 2 rings (SSSR count). The maximum Gasteiger partial charge on any atom is 0.341 e. The van der Waals surface area contributed by atoms with Crippen LogP contribution in [0, 0.1) is 0 Å². The molecule has 0 bridgehead atoms. The van der Waals surface area contributed by atoms with Gasteiger partial charge in [-0.2, -0.15) is 0 Å². The van der Waals surface area contributed by atoms with Gasteiger partial charge in [-0.05, 0) is 62.0 Å². The zero-order valence-electron chi connectivity index (χ0n) is 12.4. The molecule has 0 heterocycles. The van der Waals surface area contributed by atoms with E-state index in [-0.39, 0.29) is 21.5 Å². The average Bonchev–Trinajstić information content (AvgIpc) is 2.54. The third-order valence-electron chi connectivity index (χ3n) is 3.32. The molecule has 0 amide bonds. The van der Waals surface area contributed by atoms with Gasteiger partial charge >= 0.3 is 5.97 Å².